The molecule has 1 heterocycles. The molecule has 124 valence electrons. The molecular formula is C17H19F2NO3. The molecule has 1 N–H and O–H groups in total. The van der Waals surface area contributed by atoms with E-state index >= 15 is 0 Å². The van der Waals surface area contributed by atoms with Gasteiger partial charge in [0, 0.05) is 24.7 Å². The van der Waals surface area contributed by atoms with Crippen molar-refractivity contribution in [2.75, 3.05) is 13.1 Å². The minimum Gasteiger partial charge on any atom is -0.481 e. The van der Waals surface area contributed by atoms with Crippen molar-refractivity contribution in [3.05, 3.63) is 35.4 Å². The summed E-state index contributed by atoms with van der Waals surface area (Å²) in [5.74, 6) is -3.25. The molecule has 1 amide bonds. The second-order valence-corrected chi connectivity index (χ2v) is 6.69. The molecular weight excluding hydrogens is 304 g/mol. The van der Waals surface area contributed by atoms with Crippen LogP contribution in [0.4, 0.5) is 8.78 Å². The predicted molar refractivity (Wildman–Crippen MR) is 78.8 cm³/mol. The minimum absolute atomic E-state index is 0.133. The number of carboxylic acid groups (broad SMARTS) is 1. The summed E-state index contributed by atoms with van der Waals surface area (Å²) in [6.07, 6.45) is 1.82. The second-order valence-electron chi connectivity index (χ2n) is 6.69. The number of likely N-dealkylation sites (tertiary alicyclic amines) is 1. The summed E-state index contributed by atoms with van der Waals surface area (Å²) in [5, 5.41) is 9.21. The molecule has 1 saturated heterocycles. The van der Waals surface area contributed by atoms with Crippen molar-refractivity contribution in [1.29, 1.82) is 0 Å². The van der Waals surface area contributed by atoms with Crippen LogP contribution in [0.15, 0.2) is 18.2 Å². The van der Waals surface area contributed by atoms with Crippen LogP contribution in [-0.2, 0) is 15.0 Å². The quantitative estimate of drug-likeness (QED) is 0.930. The first kappa shape index (κ1) is 15.9. The zero-order valence-corrected chi connectivity index (χ0v) is 12.9. The lowest BCUT2D eigenvalue weighted by Crippen LogP contribution is -2.51. The topological polar surface area (TPSA) is 57.6 Å². The van der Waals surface area contributed by atoms with E-state index in [4.69, 9.17) is 0 Å². The molecule has 1 saturated carbocycles. The van der Waals surface area contributed by atoms with Gasteiger partial charge in [0.25, 0.3) is 0 Å². The van der Waals surface area contributed by atoms with E-state index in [1.807, 2.05) is 0 Å². The van der Waals surface area contributed by atoms with Crippen LogP contribution in [0.1, 0.15) is 31.7 Å². The smallest absolute Gasteiger partial charge is 0.308 e. The third-order valence-corrected chi connectivity index (χ3v) is 5.28. The van der Waals surface area contributed by atoms with Gasteiger partial charge in [-0.15, -0.1) is 0 Å². The average molecular weight is 323 g/mol. The maximum atomic E-state index is 14.2. The van der Waals surface area contributed by atoms with Crippen LogP contribution in [-0.4, -0.2) is 35.0 Å². The molecule has 1 aliphatic carbocycles. The molecule has 2 aliphatic rings. The normalized spacial score (nSPS) is 26.0. The van der Waals surface area contributed by atoms with E-state index in [0.29, 0.717) is 19.4 Å². The standard InChI is InChI=1S/C17H19F2NO3/c1-10-8-20(9-12(10)15(21)22)16(23)17(5-2-6-17)13-4-3-11(18)7-14(13)19/h3-4,7,10,12H,2,5-6,8-9H2,1H3,(H,21,22)/t10-,12-/m1/s1. The Labute approximate surface area is 133 Å². The van der Waals surface area contributed by atoms with Crippen molar-refractivity contribution in [3.63, 3.8) is 0 Å². The zero-order chi connectivity index (χ0) is 16.8. The summed E-state index contributed by atoms with van der Waals surface area (Å²) in [5.41, 5.74) is -0.744. The van der Waals surface area contributed by atoms with E-state index in [1.165, 1.54) is 17.0 Å². The molecule has 0 aromatic heterocycles. The highest BCUT2D eigenvalue weighted by atomic mass is 19.1. The number of rotatable bonds is 3. The summed E-state index contributed by atoms with van der Waals surface area (Å²) in [6.45, 7) is 2.32. The number of hydrogen-bond acceptors (Lipinski definition) is 2. The molecule has 4 nitrogen and oxygen atoms in total. The predicted octanol–water partition coefficient (Wildman–Crippen LogP) is 2.57. The van der Waals surface area contributed by atoms with Gasteiger partial charge in [-0.1, -0.05) is 19.4 Å². The first-order chi connectivity index (χ1) is 10.8. The Morgan fingerprint density at radius 2 is 1.96 bits per heavy atom. The van der Waals surface area contributed by atoms with E-state index in [2.05, 4.69) is 0 Å². The summed E-state index contributed by atoms with van der Waals surface area (Å²) in [4.78, 5) is 25.7. The van der Waals surface area contributed by atoms with Gasteiger partial charge in [0.15, 0.2) is 0 Å². The van der Waals surface area contributed by atoms with Gasteiger partial charge in [-0.2, -0.15) is 0 Å². The SMILES string of the molecule is C[C@@H]1CN(C(=O)C2(c3ccc(F)cc3F)CCC2)C[C@H]1C(=O)O. The van der Waals surface area contributed by atoms with Crippen molar-refractivity contribution < 1.29 is 23.5 Å². The number of carboxylic acids is 1. The number of carbonyl (C=O) groups excluding carboxylic acids is 1. The molecule has 1 aliphatic heterocycles. The third kappa shape index (κ3) is 2.50. The number of benzene rings is 1. The third-order valence-electron chi connectivity index (χ3n) is 5.28. The zero-order valence-electron chi connectivity index (χ0n) is 12.9. The Bertz CT molecular complexity index is 657. The Morgan fingerprint density at radius 3 is 2.43 bits per heavy atom. The van der Waals surface area contributed by atoms with Crippen molar-refractivity contribution in [2.24, 2.45) is 11.8 Å². The largest absolute Gasteiger partial charge is 0.481 e. The van der Waals surface area contributed by atoms with E-state index in [1.54, 1.807) is 6.92 Å². The Balaban J connectivity index is 1.89. The van der Waals surface area contributed by atoms with Gasteiger partial charge in [0.1, 0.15) is 11.6 Å². The highest BCUT2D eigenvalue weighted by molar-refractivity contribution is 5.90. The van der Waals surface area contributed by atoms with E-state index in [0.717, 1.165) is 12.5 Å². The van der Waals surface area contributed by atoms with E-state index < -0.39 is 28.9 Å². The summed E-state index contributed by atoms with van der Waals surface area (Å²) in [6, 6.07) is 3.31. The fourth-order valence-corrected chi connectivity index (χ4v) is 3.76. The van der Waals surface area contributed by atoms with Gasteiger partial charge in [-0.25, -0.2) is 8.78 Å². The molecule has 0 unspecified atom stereocenters. The van der Waals surface area contributed by atoms with Gasteiger partial charge in [-0.3, -0.25) is 9.59 Å². The fraction of sp³-hybridized carbons (Fsp3) is 0.529. The van der Waals surface area contributed by atoms with Crippen LogP contribution >= 0.6 is 0 Å². The van der Waals surface area contributed by atoms with Crippen LogP contribution in [0.25, 0.3) is 0 Å². The number of aliphatic carboxylic acids is 1. The first-order valence-electron chi connectivity index (χ1n) is 7.83. The fourth-order valence-electron chi connectivity index (χ4n) is 3.76. The molecule has 3 rings (SSSR count). The lowest BCUT2D eigenvalue weighted by atomic mass is 9.63. The highest BCUT2D eigenvalue weighted by Crippen LogP contribution is 2.47. The van der Waals surface area contributed by atoms with Gasteiger partial charge < -0.3 is 10.0 Å². The summed E-state index contributed by atoms with van der Waals surface area (Å²) < 4.78 is 27.3. The highest BCUT2D eigenvalue weighted by Gasteiger charge is 2.51. The van der Waals surface area contributed by atoms with Crippen molar-refractivity contribution >= 4 is 11.9 Å². The van der Waals surface area contributed by atoms with Crippen LogP contribution in [0.2, 0.25) is 0 Å². The van der Waals surface area contributed by atoms with Crippen LogP contribution < -0.4 is 0 Å². The minimum atomic E-state index is -0.967. The van der Waals surface area contributed by atoms with Crippen molar-refractivity contribution in [2.45, 2.75) is 31.6 Å². The molecule has 2 atom stereocenters. The Hall–Kier alpha value is -1.98. The Kier molecular flexibility index (Phi) is 3.86. The maximum Gasteiger partial charge on any atom is 0.308 e. The van der Waals surface area contributed by atoms with Crippen LogP contribution in [0.5, 0.6) is 0 Å². The molecule has 2 fully saturated rings. The molecule has 1 aromatic rings. The molecule has 1 aromatic carbocycles. The van der Waals surface area contributed by atoms with Gasteiger partial charge in [0.2, 0.25) is 5.91 Å². The molecule has 23 heavy (non-hydrogen) atoms. The monoisotopic (exact) mass is 323 g/mol. The summed E-state index contributed by atoms with van der Waals surface area (Å²) in [7, 11) is 0. The number of amides is 1. The van der Waals surface area contributed by atoms with E-state index in [-0.39, 0.29) is 23.9 Å². The Morgan fingerprint density at radius 1 is 1.26 bits per heavy atom. The average Bonchev–Trinajstić information content (AvgIpc) is 2.82. The lowest BCUT2D eigenvalue weighted by molar-refractivity contribution is -0.143. The first-order valence-corrected chi connectivity index (χ1v) is 7.83. The van der Waals surface area contributed by atoms with Gasteiger partial charge in [0.05, 0.1) is 11.3 Å². The summed E-state index contributed by atoms with van der Waals surface area (Å²) >= 11 is 0. The van der Waals surface area contributed by atoms with Crippen molar-refractivity contribution in [3.8, 4) is 0 Å². The van der Waals surface area contributed by atoms with Crippen molar-refractivity contribution in [1.82, 2.24) is 4.90 Å². The molecule has 0 spiro atoms. The van der Waals surface area contributed by atoms with E-state index in [9.17, 15) is 23.5 Å². The second kappa shape index (κ2) is 5.58. The van der Waals surface area contributed by atoms with Crippen LogP contribution in [0.3, 0.4) is 0 Å². The molecule has 0 bridgehead atoms. The van der Waals surface area contributed by atoms with Gasteiger partial charge >= 0.3 is 5.97 Å². The number of halogens is 2. The van der Waals surface area contributed by atoms with Gasteiger partial charge in [-0.05, 0) is 24.8 Å². The number of hydrogen-bond donors (Lipinski definition) is 1. The molecule has 6 heteroatoms. The lowest BCUT2D eigenvalue weighted by Gasteiger charge is -2.43. The van der Waals surface area contributed by atoms with Crippen LogP contribution in [0, 0.1) is 23.5 Å². The number of carbonyl (C=O) groups is 2. The molecule has 0 radical (unpaired) electrons. The number of nitrogens with zero attached hydrogens (tertiary/aromatic N) is 1. The maximum absolute atomic E-state index is 14.2.